The summed E-state index contributed by atoms with van der Waals surface area (Å²) in [7, 11) is 1.61. The molecule has 0 N–H and O–H groups in total. The summed E-state index contributed by atoms with van der Waals surface area (Å²) >= 11 is 0. The molecule has 2 amide bonds. The number of fused-ring (bicyclic) bond motifs is 1. The average molecular weight is 351 g/mol. The molecule has 0 aliphatic carbocycles. The number of amides is 2. The number of carbonyl (C=O) groups excluding carboxylic acids is 2. The van der Waals surface area contributed by atoms with Crippen molar-refractivity contribution in [2.45, 2.75) is 38.8 Å². The monoisotopic (exact) mass is 351 g/mol. The minimum absolute atomic E-state index is 0.0386. The van der Waals surface area contributed by atoms with Crippen LogP contribution < -0.4 is 0 Å². The molecule has 0 unspecified atom stereocenters. The standard InChI is InChI=1S/C17H25N3O5/c1-11-13(12(2)25-18-11)4-5-16(21)19-8-14-15(9-19)24-10-17(22)20(14)6-7-23-3/h14-15H,4-10H2,1-3H3/t14-,15-/m0/s1. The van der Waals surface area contributed by atoms with Gasteiger partial charge in [0.1, 0.15) is 12.4 Å². The van der Waals surface area contributed by atoms with Gasteiger partial charge in [0.15, 0.2) is 0 Å². The lowest BCUT2D eigenvalue weighted by molar-refractivity contribution is -0.153. The van der Waals surface area contributed by atoms with Crippen LogP contribution in [0.1, 0.15) is 23.4 Å². The number of hydrogen-bond acceptors (Lipinski definition) is 6. The molecule has 0 spiro atoms. The van der Waals surface area contributed by atoms with Gasteiger partial charge in [-0.05, 0) is 20.3 Å². The molecule has 138 valence electrons. The predicted octanol–water partition coefficient (Wildman–Crippen LogP) is 0.309. The summed E-state index contributed by atoms with van der Waals surface area (Å²) in [6, 6.07) is -0.0839. The van der Waals surface area contributed by atoms with Crippen LogP contribution in [0.3, 0.4) is 0 Å². The van der Waals surface area contributed by atoms with Gasteiger partial charge in [0, 0.05) is 38.7 Å². The highest BCUT2D eigenvalue weighted by Gasteiger charge is 2.44. The number of morpholine rings is 1. The average Bonchev–Trinajstić information content (AvgIpc) is 3.16. The van der Waals surface area contributed by atoms with E-state index >= 15 is 0 Å². The molecule has 0 saturated carbocycles. The lowest BCUT2D eigenvalue weighted by atomic mass is 10.1. The van der Waals surface area contributed by atoms with Gasteiger partial charge in [-0.3, -0.25) is 9.59 Å². The minimum atomic E-state index is -0.113. The Morgan fingerprint density at radius 1 is 1.36 bits per heavy atom. The Bertz CT molecular complexity index is 625. The molecular formula is C17H25N3O5. The van der Waals surface area contributed by atoms with Crippen molar-refractivity contribution < 1.29 is 23.6 Å². The Morgan fingerprint density at radius 2 is 2.16 bits per heavy atom. The van der Waals surface area contributed by atoms with Crippen molar-refractivity contribution in [3.05, 3.63) is 17.0 Å². The third kappa shape index (κ3) is 3.69. The molecule has 2 atom stereocenters. The summed E-state index contributed by atoms with van der Waals surface area (Å²) in [5, 5.41) is 3.92. The van der Waals surface area contributed by atoms with Crippen LogP contribution >= 0.6 is 0 Å². The van der Waals surface area contributed by atoms with E-state index < -0.39 is 0 Å². The van der Waals surface area contributed by atoms with Crippen molar-refractivity contribution in [3.8, 4) is 0 Å². The Kier molecular flexibility index (Phi) is 5.39. The molecule has 3 heterocycles. The number of nitrogens with zero attached hydrogens (tertiary/aromatic N) is 3. The number of aromatic nitrogens is 1. The summed E-state index contributed by atoms with van der Waals surface area (Å²) in [5.74, 6) is 0.792. The maximum atomic E-state index is 12.6. The van der Waals surface area contributed by atoms with Crippen LogP contribution in [0.5, 0.6) is 0 Å². The van der Waals surface area contributed by atoms with E-state index in [1.807, 2.05) is 13.8 Å². The fourth-order valence-electron chi connectivity index (χ4n) is 3.60. The van der Waals surface area contributed by atoms with Gasteiger partial charge in [0.2, 0.25) is 11.8 Å². The predicted molar refractivity (Wildman–Crippen MR) is 88.0 cm³/mol. The molecule has 2 aliphatic heterocycles. The first kappa shape index (κ1) is 17.9. The number of ether oxygens (including phenoxy) is 2. The lowest BCUT2D eigenvalue weighted by Crippen LogP contribution is -2.54. The molecule has 1 aromatic rings. The van der Waals surface area contributed by atoms with Crippen molar-refractivity contribution in [1.29, 1.82) is 0 Å². The number of likely N-dealkylation sites (tertiary alicyclic amines) is 1. The topological polar surface area (TPSA) is 85.1 Å². The van der Waals surface area contributed by atoms with Crippen molar-refractivity contribution in [2.75, 3.05) is 40.0 Å². The maximum Gasteiger partial charge on any atom is 0.249 e. The zero-order valence-corrected chi connectivity index (χ0v) is 15.0. The minimum Gasteiger partial charge on any atom is -0.383 e. The molecule has 0 aromatic carbocycles. The second kappa shape index (κ2) is 7.53. The number of methoxy groups -OCH3 is 1. The van der Waals surface area contributed by atoms with Crippen LogP contribution in [0.15, 0.2) is 4.52 Å². The Labute approximate surface area is 147 Å². The van der Waals surface area contributed by atoms with Crippen LogP contribution in [0.25, 0.3) is 0 Å². The third-order valence-electron chi connectivity index (χ3n) is 5.04. The van der Waals surface area contributed by atoms with Crippen LogP contribution in [0.4, 0.5) is 0 Å². The quantitative estimate of drug-likeness (QED) is 0.733. The van der Waals surface area contributed by atoms with Gasteiger partial charge >= 0.3 is 0 Å². The van der Waals surface area contributed by atoms with Crippen LogP contribution in [-0.4, -0.2) is 78.9 Å². The smallest absolute Gasteiger partial charge is 0.249 e. The van der Waals surface area contributed by atoms with Gasteiger partial charge in [-0.2, -0.15) is 0 Å². The normalized spacial score (nSPS) is 23.2. The van der Waals surface area contributed by atoms with Gasteiger partial charge in [-0.25, -0.2) is 0 Å². The van der Waals surface area contributed by atoms with E-state index in [-0.39, 0.29) is 30.6 Å². The maximum absolute atomic E-state index is 12.6. The number of hydrogen-bond donors (Lipinski definition) is 0. The lowest BCUT2D eigenvalue weighted by Gasteiger charge is -2.36. The Morgan fingerprint density at radius 3 is 2.84 bits per heavy atom. The van der Waals surface area contributed by atoms with E-state index in [9.17, 15) is 9.59 Å². The fourth-order valence-corrected chi connectivity index (χ4v) is 3.60. The van der Waals surface area contributed by atoms with E-state index in [4.69, 9.17) is 14.0 Å². The molecule has 8 nitrogen and oxygen atoms in total. The van der Waals surface area contributed by atoms with Crippen LogP contribution in [-0.2, 0) is 25.5 Å². The summed E-state index contributed by atoms with van der Waals surface area (Å²) in [4.78, 5) is 28.3. The van der Waals surface area contributed by atoms with E-state index in [2.05, 4.69) is 5.16 Å². The zero-order chi connectivity index (χ0) is 18.0. The van der Waals surface area contributed by atoms with Gasteiger partial charge in [-0.1, -0.05) is 5.16 Å². The second-order valence-corrected chi connectivity index (χ2v) is 6.60. The first-order valence-electron chi connectivity index (χ1n) is 8.60. The van der Waals surface area contributed by atoms with Gasteiger partial charge in [0.05, 0.1) is 24.4 Å². The van der Waals surface area contributed by atoms with Crippen molar-refractivity contribution in [2.24, 2.45) is 0 Å². The number of rotatable bonds is 6. The molecule has 0 bridgehead atoms. The molecular weight excluding hydrogens is 326 g/mol. The fraction of sp³-hybridized carbons (Fsp3) is 0.706. The molecule has 3 rings (SSSR count). The third-order valence-corrected chi connectivity index (χ3v) is 5.04. The van der Waals surface area contributed by atoms with Crippen LogP contribution in [0, 0.1) is 13.8 Å². The Balaban J connectivity index is 1.59. The molecule has 1 aromatic heterocycles. The number of aryl methyl sites for hydroxylation is 2. The highest BCUT2D eigenvalue weighted by molar-refractivity contribution is 5.80. The van der Waals surface area contributed by atoms with Crippen molar-refractivity contribution in [3.63, 3.8) is 0 Å². The first-order valence-corrected chi connectivity index (χ1v) is 8.60. The molecule has 0 radical (unpaired) electrons. The van der Waals surface area contributed by atoms with Gasteiger partial charge in [-0.15, -0.1) is 0 Å². The second-order valence-electron chi connectivity index (χ2n) is 6.60. The molecule has 25 heavy (non-hydrogen) atoms. The highest BCUT2D eigenvalue weighted by Crippen LogP contribution is 2.24. The zero-order valence-electron chi connectivity index (χ0n) is 15.0. The first-order chi connectivity index (χ1) is 12.0. The van der Waals surface area contributed by atoms with Gasteiger partial charge < -0.3 is 23.8 Å². The van der Waals surface area contributed by atoms with E-state index in [0.717, 1.165) is 17.0 Å². The van der Waals surface area contributed by atoms with Crippen molar-refractivity contribution >= 4 is 11.8 Å². The van der Waals surface area contributed by atoms with Gasteiger partial charge in [0.25, 0.3) is 0 Å². The molecule has 8 heteroatoms. The summed E-state index contributed by atoms with van der Waals surface area (Å²) < 4.78 is 15.9. The number of carbonyl (C=O) groups is 2. The van der Waals surface area contributed by atoms with E-state index in [0.29, 0.717) is 39.1 Å². The Hall–Kier alpha value is -1.93. The SMILES string of the molecule is COCCN1C(=O)CO[C@H]2CN(C(=O)CCc3c(C)noc3C)C[C@@H]21. The summed E-state index contributed by atoms with van der Waals surface area (Å²) in [6.07, 6.45) is 0.894. The van der Waals surface area contributed by atoms with E-state index in [1.165, 1.54) is 0 Å². The molecule has 2 fully saturated rings. The largest absolute Gasteiger partial charge is 0.383 e. The molecule has 2 aliphatic rings. The highest BCUT2D eigenvalue weighted by atomic mass is 16.5. The summed E-state index contributed by atoms with van der Waals surface area (Å²) in [5.41, 5.74) is 1.83. The van der Waals surface area contributed by atoms with Crippen molar-refractivity contribution in [1.82, 2.24) is 15.0 Å². The summed E-state index contributed by atoms with van der Waals surface area (Å²) in [6.45, 7) is 5.87. The van der Waals surface area contributed by atoms with Crippen LogP contribution in [0.2, 0.25) is 0 Å². The van der Waals surface area contributed by atoms with E-state index in [1.54, 1.807) is 16.9 Å². The molecule has 2 saturated heterocycles.